The maximum atomic E-state index is 14.2. The van der Waals surface area contributed by atoms with Crippen molar-refractivity contribution in [1.29, 1.82) is 0 Å². The van der Waals surface area contributed by atoms with Crippen LogP contribution in [0.5, 0.6) is 0 Å². The van der Waals surface area contributed by atoms with Gasteiger partial charge in [-0.3, -0.25) is 18.7 Å². The van der Waals surface area contributed by atoms with Gasteiger partial charge in [-0.1, -0.05) is 73.7 Å². The summed E-state index contributed by atoms with van der Waals surface area (Å²) in [4.78, 5) is 41.4. The van der Waals surface area contributed by atoms with Crippen molar-refractivity contribution in [3.8, 4) is 0 Å². The first-order valence-electron chi connectivity index (χ1n) is 13.7. The van der Waals surface area contributed by atoms with Crippen LogP contribution in [0.4, 0.5) is 5.69 Å². The number of sulfonamides is 1. The van der Waals surface area contributed by atoms with Crippen LogP contribution in [0, 0.1) is 6.92 Å². The molecule has 3 aromatic rings. The molecule has 3 rings (SSSR count). The Morgan fingerprint density at radius 1 is 0.927 bits per heavy atom. The van der Waals surface area contributed by atoms with Crippen LogP contribution in [0.15, 0.2) is 78.9 Å². The first kappa shape index (κ1) is 31.5. The van der Waals surface area contributed by atoms with Crippen LogP contribution in [-0.4, -0.2) is 55.8 Å². The Labute approximate surface area is 243 Å². The number of Topliss-reactive ketones (excluding diaryl/α,β-unsaturated/α-hetero) is 1. The SMILES string of the molecule is CC[C@@H](C)NC(=O)[C@H](Cc1ccccc1)N(Cc1ccccc1C)C(=O)CN(c1cccc(C(C)=O)c1)S(C)(=O)=O. The number of nitrogens with one attached hydrogen (secondary N) is 1. The van der Waals surface area contributed by atoms with Gasteiger partial charge in [-0.15, -0.1) is 0 Å². The van der Waals surface area contributed by atoms with Gasteiger partial charge >= 0.3 is 0 Å². The molecule has 3 aromatic carbocycles. The van der Waals surface area contributed by atoms with E-state index in [-0.39, 0.29) is 36.4 Å². The van der Waals surface area contributed by atoms with E-state index in [0.29, 0.717) is 12.0 Å². The number of amides is 2. The minimum absolute atomic E-state index is 0.113. The van der Waals surface area contributed by atoms with Crippen LogP contribution < -0.4 is 9.62 Å². The molecule has 41 heavy (non-hydrogen) atoms. The van der Waals surface area contributed by atoms with E-state index < -0.39 is 28.5 Å². The summed E-state index contributed by atoms with van der Waals surface area (Å²) in [5.74, 6) is -1.07. The fourth-order valence-corrected chi connectivity index (χ4v) is 5.30. The van der Waals surface area contributed by atoms with Gasteiger partial charge in [0.05, 0.1) is 11.9 Å². The summed E-state index contributed by atoms with van der Waals surface area (Å²) in [6.07, 6.45) is 1.98. The van der Waals surface area contributed by atoms with Crippen LogP contribution in [0.25, 0.3) is 0 Å². The second-order valence-corrected chi connectivity index (χ2v) is 12.3. The van der Waals surface area contributed by atoms with Crippen molar-refractivity contribution in [2.24, 2.45) is 0 Å². The van der Waals surface area contributed by atoms with E-state index in [0.717, 1.165) is 27.3 Å². The number of aryl methyl sites for hydroxylation is 1. The average Bonchev–Trinajstić information content (AvgIpc) is 2.94. The van der Waals surface area contributed by atoms with Crippen LogP contribution in [0.3, 0.4) is 0 Å². The van der Waals surface area contributed by atoms with Gasteiger partial charge in [0.15, 0.2) is 5.78 Å². The second-order valence-electron chi connectivity index (χ2n) is 10.3. The molecule has 0 aliphatic rings. The number of hydrogen-bond acceptors (Lipinski definition) is 5. The zero-order chi connectivity index (χ0) is 30.2. The molecule has 0 saturated heterocycles. The number of anilines is 1. The number of carbonyl (C=O) groups excluding carboxylic acids is 3. The Morgan fingerprint density at radius 3 is 2.20 bits per heavy atom. The van der Waals surface area contributed by atoms with Crippen molar-refractivity contribution in [1.82, 2.24) is 10.2 Å². The number of hydrogen-bond donors (Lipinski definition) is 1. The summed E-state index contributed by atoms with van der Waals surface area (Å²) in [5.41, 5.74) is 3.19. The normalized spacial score (nSPS) is 12.7. The quantitative estimate of drug-likeness (QED) is 0.301. The molecule has 0 aromatic heterocycles. The van der Waals surface area contributed by atoms with Crippen LogP contribution in [0.1, 0.15) is 54.2 Å². The van der Waals surface area contributed by atoms with Gasteiger partial charge in [-0.2, -0.15) is 0 Å². The summed E-state index contributed by atoms with van der Waals surface area (Å²) >= 11 is 0. The Balaban J connectivity index is 2.09. The zero-order valence-electron chi connectivity index (χ0n) is 24.3. The van der Waals surface area contributed by atoms with Crippen molar-refractivity contribution in [3.05, 3.63) is 101 Å². The number of ketones is 1. The maximum Gasteiger partial charge on any atom is 0.244 e. The van der Waals surface area contributed by atoms with Crippen LogP contribution >= 0.6 is 0 Å². The fourth-order valence-electron chi connectivity index (χ4n) is 4.46. The minimum Gasteiger partial charge on any atom is -0.352 e. The lowest BCUT2D eigenvalue weighted by molar-refractivity contribution is -0.140. The second kappa shape index (κ2) is 14.1. The van der Waals surface area contributed by atoms with Gasteiger partial charge in [-0.05, 0) is 56.0 Å². The summed E-state index contributed by atoms with van der Waals surface area (Å²) in [5, 5.41) is 3.02. The van der Waals surface area contributed by atoms with Crippen molar-refractivity contribution in [3.63, 3.8) is 0 Å². The standard InChI is InChI=1S/C32H39N3O5S/c1-6-24(3)33-32(38)30(19-26-14-8-7-9-15-26)34(21-28-16-11-10-13-23(28)2)31(37)22-35(41(5,39)40)29-18-12-17-27(20-29)25(4)36/h7-18,20,24,30H,6,19,21-22H2,1-5H3,(H,33,38)/t24-,30+/m1/s1. The van der Waals surface area contributed by atoms with Gasteiger partial charge in [-0.25, -0.2) is 8.42 Å². The number of carbonyl (C=O) groups is 3. The molecule has 2 amide bonds. The van der Waals surface area contributed by atoms with E-state index >= 15 is 0 Å². The number of rotatable bonds is 13. The highest BCUT2D eigenvalue weighted by Gasteiger charge is 2.33. The van der Waals surface area contributed by atoms with Crippen molar-refractivity contribution >= 4 is 33.3 Å². The van der Waals surface area contributed by atoms with Gasteiger partial charge < -0.3 is 10.2 Å². The van der Waals surface area contributed by atoms with Crippen molar-refractivity contribution < 1.29 is 22.8 Å². The van der Waals surface area contributed by atoms with Gasteiger partial charge in [0.1, 0.15) is 12.6 Å². The van der Waals surface area contributed by atoms with E-state index in [4.69, 9.17) is 0 Å². The maximum absolute atomic E-state index is 14.2. The number of nitrogens with zero attached hydrogens (tertiary/aromatic N) is 2. The highest BCUT2D eigenvalue weighted by atomic mass is 32.2. The molecule has 0 saturated carbocycles. The molecule has 8 nitrogen and oxygen atoms in total. The third-order valence-corrected chi connectivity index (χ3v) is 8.23. The van der Waals surface area contributed by atoms with E-state index in [1.165, 1.54) is 17.9 Å². The minimum atomic E-state index is -3.92. The predicted molar refractivity (Wildman–Crippen MR) is 162 cm³/mol. The molecule has 0 aliphatic heterocycles. The Kier molecular flexibility index (Phi) is 10.8. The molecule has 218 valence electrons. The van der Waals surface area contributed by atoms with Crippen LogP contribution in [0.2, 0.25) is 0 Å². The molecule has 0 spiro atoms. The predicted octanol–water partition coefficient (Wildman–Crippen LogP) is 4.52. The third-order valence-electron chi connectivity index (χ3n) is 7.09. The van der Waals surface area contributed by atoms with E-state index in [2.05, 4.69) is 5.32 Å². The molecular formula is C32H39N3O5S. The molecule has 1 N–H and O–H groups in total. The highest BCUT2D eigenvalue weighted by Crippen LogP contribution is 2.22. The first-order chi connectivity index (χ1) is 19.4. The van der Waals surface area contributed by atoms with Gasteiger partial charge in [0.25, 0.3) is 0 Å². The summed E-state index contributed by atoms with van der Waals surface area (Å²) in [7, 11) is -3.92. The van der Waals surface area contributed by atoms with E-state index in [1.807, 2.05) is 75.4 Å². The van der Waals surface area contributed by atoms with E-state index in [9.17, 15) is 22.8 Å². The monoisotopic (exact) mass is 577 g/mol. The van der Waals surface area contributed by atoms with Crippen molar-refractivity contribution in [2.45, 2.75) is 59.2 Å². The Bertz CT molecular complexity index is 1470. The van der Waals surface area contributed by atoms with Gasteiger partial charge in [0, 0.05) is 24.6 Å². The number of benzene rings is 3. The lowest BCUT2D eigenvalue weighted by Gasteiger charge is -2.34. The highest BCUT2D eigenvalue weighted by molar-refractivity contribution is 7.92. The molecular weight excluding hydrogens is 538 g/mol. The third kappa shape index (κ3) is 8.75. The molecule has 9 heteroatoms. The lowest BCUT2D eigenvalue weighted by Crippen LogP contribution is -2.54. The summed E-state index contributed by atoms with van der Waals surface area (Å²) in [6, 6.07) is 22.2. The Hall–Kier alpha value is -3.98. The fraction of sp³-hybridized carbons (Fsp3) is 0.344. The van der Waals surface area contributed by atoms with Gasteiger partial charge in [0.2, 0.25) is 21.8 Å². The zero-order valence-corrected chi connectivity index (χ0v) is 25.1. The molecule has 0 aliphatic carbocycles. The Morgan fingerprint density at radius 2 is 1.59 bits per heavy atom. The smallest absolute Gasteiger partial charge is 0.244 e. The molecule has 0 fully saturated rings. The van der Waals surface area contributed by atoms with Crippen LogP contribution in [-0.2, 0) is 32.6 Å². The first-order valence-corrected chi connectivity index (χ1v) is 15.5. The lowest BCUT2D eigenvalue weighted by atomic mass is 10.0. The van der Waals surface area contributed by atoms with E-state index in [1.54, 1.807) is 18.2 Å². The van der Waals surface area contributed by atoms with Crippen molar-refractivity contribution in [2.75, 3.05) is 17.1 Å². The summed E-state index contributed by atoms with van der Waals surface area (Å²) < 4.78 is 26.9. The molecule has 0 radical (unpaired) electrons. The molecule has 0 bridgehead atoms. The molecule has 2 atom stereocenters. The average molecular weight is 578 g/mol. The summed E-state index contributed by atoms with van der Waals surface area (Å²) in [6.45, 7) is 6.77. The molecule has 0 unspecified atom stereocenters. The molecule has 0 heterocycles. The topological polar surface area (TPSA) is 104 Å². The largest absolute Gasteiger partial charge is 0.352 e.